The number of nitrogens with zero attached hydrogens (tertiary/aromatic N) is 5. The van der Waals surface area contributed by atoms with Gasteiger partial charge in [-0.1, -0.05) is 23.2 Å². The van der Waals surface area contributed by atoms with Crippen LogP contribution in [0.2, 0.25) is 5.02 Å². The number of hydrazone groups is 1. The summed E-state index contributed by atoms with van der Waals surface area (Å²) in [6.45, 7) is 5.04. The minimum atomic E-state index is 0.00559. The number of halogens is 1. The lowest BCUT2D eigenvalue weighted by Gasteiger charge is -2.23. The average molecular weight is 462 g/mol. The third-order valence-corrected chi connectivity index (χ3v) is 6.56. The van der Waals surface area contributed by atoms with Crippen molar-refractivity contribution in [3.8, 4) is 0 Å². The lowest BCUT2D eigenvalue weighted by molar-refractivity contribution is 0.0783. The summed E-state index contributed by atoms with van der Waals surface area (Å²) in [5.74, 6) is 1.50. The lowest BCUT2D eigenvalue weighted by Crippen LogP contribution is -2.34. The zero-order chi connectivity index (χ0) is 22.9. The normalized spacial score (nSPS) is 19.9. The van der Waals surface area contributed by atoms with Crippen LogP contribution in [-0.4, -0.2) is 59.4 Å². The molecule has 1 aromatic heterocycles. The second-order valence-corrected chi connectivity index (χ2v) is 9.05. The van der Waals surface area contributed by atoms with E-state index in [2.05, 4.69) is 20.4 Å². The molecule has 2 saturated heterocycles. The predicted molar refractivity (Wildman–Crippen MR) is 132 cm³/mol. The molecule has 2 unspecified atom stereocenters. The fraction of sp³-hybridized carbons (Fsp3) is 0.292. The standard InChI is InChI=1S/C24H24ClN7O/c1-15-2-4-22(30-28-7-6-26)20(8-15)23(33)31-11-17-13-32(14-18(17)12-31)24-27-10-16-9-19(25)3-5-21(16)29-24/h2-10,17-18,26,30H,11-14H2,1H3/b26-6?,28-7-. The Hall–Kier alpha value is -3.52. The van der Waals surface area contributed by atoms with Crippen LogP contribution in [0, 0.1) is 24.2 Å². The SMILES string of the molecule is Cc1ccc(N/N=C\C=N)c(C(=O)N2CC3CN(c4ncc5cc(Cl)ccc5n4)CC3C2)c1. The summed E-state index contributed by atoms with van der Waals surface area (Å²) in [5.41, 5.74) is 6.02. The maximum Gasteiger partial charge on any atom is 0.256 e. The third kappa shape index (κ3) is 4.26. The summed E-state index contributed by atoms with van der Waals surface area (Å²) < 4.78 is 0. The first-order valence-corrected chi connectivity index (χ1v) is 11.2. The molecule has 2 fully saturated rings. The predicted octanol–water partition coefficient (Wildman–Crippen LogP) is 3.85. The monoisotopic (exact) mass is 461 g/mol. The van der Waals surface area contributed by atoms with Gasteiger partial charge in [0.2, 0.25) is 5.95 Å². The van der Waals surface area contributed by atoms with Crippen LogP contribution in [0.5, 0.6) is 0 Å². The van der Waals surface area contributed by atoms with Gasteiger partial charge in [-0.3, -0.25) is 10.2 Å². The van der Waals surface area contributed by atoms with Crippen LogP contribution in [0.15, 0.2) is 47.7 Å². The van der Waals surface area contributed by atoms with Crippen LogP contribution in [0.25, 0.3) is 10.9 Å². The molecule has 2 aliphatic heterocycles. The molecular formula is C24H24ClN7O. The van der Waals surface area contributed by atoms with E-state index in [0.717, 1.165) is 41.7 Å². The molecule has 0 radical (unpaired) electrons. The Kier molecular flexibility index (Phi) is 5.68. The van der Waals surface area contributed by atoms with Gasteiger partial charge < -0.3 is 15.2 Å². The van der Waals surface area contributed by atoms with Gasteiger partial charge in [0.05, 0.1) is 23.0 Å². The van der Waals surface area contributed by atoms with Crippen molar-refractivity contribution in [2.24, 2.45) is 16.9 Å². The van der Waals surface area contributed by atoms with Crippen LogP contribution >= 0.6 is 11.6 Å². The highest BCUT2D eigenvalue weighted by Gasteiger charge is 2.42. The average Bonchev–Trinajstić information content (AvgIpc) is 3.39. The van der Waals surface area contributed by atoms with Gasteiger partial charge in [0.25, 0.3) is 5.91 Å². The smallest absolute Gasteiger partial charge is 0.256 e. The molecule has 0 saturated carbocycles. The fourth-order valence-corrected chi connectivity index (χ4v) is 4.90. The zero-order valence-corrected chi connectivity index (χ0v) is 19.0. The van der Waals surface area contributed by atoms with E-state index in [1.807, 2.05) is 54.4 Å². The van der Waals surface area contributed by atoms with Gasteiger partial charge in [-0.05, 0) is 37.3 Å². The highest BCUT2D eigenvalue weighted by Crippen LogP contribution is 2.34. The number of fused-ring (bicyclic) bond motifs is 2. The number of aromatic nitrogens is 2. The van der Waals surface area contributed by atoms with E-state index in [1.165, 1.54) is 6.21 Å². The number of aryl methyl sites for hydroxylation is 1. The molecule has 5 rings (SSSR count). The third-order valence-electron chi connectivity index (χ3n) is 6.32. The highest BCUT2D eigenvalue weighted by atomic mass is 35.5. The van der Waals surface area contributed by atoms with Crippen molar-refractivity contribution in [2.45, 2.75) is 6.92 Å². The van der Waals surface area contributed by atoms with Crippen LogP contribution in [0.3, 0.4) is 0 Å². The largest absolute Gasteiger partial charge is 0.340 e. The Labute approximate surface area is 196 Å². The maximum absolute atomic E-state index is 13.3. The molecule has 2 N–H and O–H groups in total. The minimum absolute atomic E-state index is 0.00559. The Morgan fingerprint density at radius 3 is 2.73 bits per heavy atom. The topological polar surface area (TPSA) is 97.6 Å². The molecule has 2 atom stereocenters. The number of nitrogens with one attached hydrogen (secondary N) is 2. The van der Waals surface area contributed by atoms with Crippen molar-refractivity contribution in [3.05, 3.63) is 58.7 Å². The first kappa shape index (κ1) is 21.3. The second-order valence-electron chi connectivity index (χ2n) is 8.61. The molecule has 9 heteroatoms. The molecule has 168 valence electrons. The highest BCUT2D eigenvalue weighted by molar-refractivity contribution is 6.31. The van der Waals surface area contributed by atoms with Crippen molar-refractivity contribution in [1.82, 2.24) is 14.9 Å². The van der Waals surface area contributed by atoms with Gasteiger partial charge in [0.15, 0.2) is 0 Å². The van der Waals surface area contributed by atoms with Crippen molar-refractivity contribution >= 4 is 52.5 Å². The minimum Gasteiger partial charge on any atom is -0.340 e. The molecule has 3 heterocycles. The number of benzene rings is 2. The summed E-state index contributed by atoms with van der Waals surface area (Å²) in [6.07, 6.45) is 4.25. The molecule has 0 aliphatic carbocycles. The number of hydrogen-bond acceptors (Lipinski definition) is 7. The molecule has 2 aliphatic rings. The van der Waals surface area contributed by atoms with Gasteiger partial charge in [-0.2, -0.15) is 5.10 Å². The first-order valence-electron chi connectivity index (χ1n) is 10.9. The van der Waals surface area contributed by atoms with E-state index in [9.17, 15) is 4.79 Å². The van der Waals surface area contributed by atoms with E-state index in [0.29, 0.717) is 41.2 Å². The summed E-state index contributed by atoms with van der Waals surface area (Å²) in [6, 6.07) is 11.3. The molecule has 0 spiro atoms. The van der Waals surface area contributed by atoms with Gasteiger partial charge >= 0.3 is 0 Å². The Bertz CT molecular complexity index is 1250. The quantitative estimate of drug-likeness (QED) is 0.444. The number of rotatable bonds is 5. The Balaban J connectivity index is 1.29. The van der Waals surface area contributed by atoms with Crippen LogP contribution < -0.4 is 10.3 Å². The molecule has 3 aromatic rings. The van der Waals surface area contributed by atoms with Gasteiger partial charge in [-0.15, -0.1) is 0 Å². The fourth-order valence-electron chi connectivity index (χ4n) is 4.72. The molecule has 33 heavy (non-hydrogen) atoms. The number of carbonyl (C=O) groups is 1. The molecule has 2 aromatic carbocycles. The maximum atomic E-state index is 13.3. The molecule has 0 bridgehead atoms. The van der Waals surface area contributed by atoms with Gasteiger partial charge in [0.1, 0.15) is 0 Å². The van der Waals surface area contributed by atoms with Crippen molar-refractivity contribution < 1.29 is 4.79 Å². The zero-order valence-electron chi connectivity index (χ0n) is 18.2. The van der Waals surface area contributed by atoms with Crippen molar-refractivity contribution in [2.75, 3.05) is 36.5 Å². The summed E-state index contributed by atoms with van der Waals surface area (Å²) >= 11 is 6.07. The molecule has 1 amide bonds. The van der Waals surface area contributed by atoms with Crippen LogP contribution in [0.4, 0.5) is 11.6 Å². The Morgan fingerprint density at radius 1 is 1.18 bits per heavy atom. The number of carbonyl (C=O) groups excluding carboxylic acids is 1. The lowest BCUT2D eigenvalue weighted by atomic mass is 10.0. The number of amides is 1. The number of hydrogen-bond donors (Lipinski definition) is 2. The van der Waals surface area contributed by atoms with Gasteiger partial charge in [0, 0.05) is 60.8 Å². The van der Waals surface area contributed by atoms with E-state index in [4.69, 9.17) is 22.0 Å². The summed E-state index contributed by atoms with van der Waals surface area (Å²) in [7, 11) is 0. The first-order chi connectivity index (χ1) is 16.0. The number of likely N-dealkylation sites (tertiary alicyclic amines) is 1. The van der Waals surface area contributed by atoms with Crippen LogP contribution in [-0.2, 0) is 0 Å². The summed E-state index contributed by atoms with van der Waals surface area (Å²) in [4.78, 5) is 26.8. The van der Waals surface area contributed by atoms with Crippen molar-refractivity contribution in [1.29, 1.82) is 5.41 Å². The van der Waals surface area contributed by atoms with E-state index in [-0.39, 0.29) is 5.91 Å². The second kappa shape index (κ2) is 8.78. The van der Waals surface area contributed by atoms with Gasteiger partial charge in [-0.25, -0.2) is 9.97 Å². The van der Waals surface area contributed by atoms with Crippen LogP contribution in [0.1, 0.15) is 15.9 Å². The molecular weight excluding hydrogens is 438 g/mol. The molecule has 8 nitrogen and oxygen atoms in total. The van der Waals surface area contributed by atoms with E-state index in [1.54, 1.807) is 0 Å². The van der Waals surface area contributed by atoms with Crippen molar-refractivity contribution in [3.63, 3.8) is 0 Å². The Morgan fingerprint density at radius 2 is 1.97 bits per heavy atom. The van der Waals surface area contributed by atoms with E-state index < -0.39 is 0 Å². The van der Waals surface area contributed by atoms with E-state index >= 15 is 0 Å². The number of anilines is 2. The summed E-state index contributed by atoms with van der Waals surface area (Å²) in [5, 5.41) is 12.6.